The van der Waals surface area contributed by atoms with Gasteiger partial charge in [-0.1, -0.05) is 12.1 Å². The van der Waals surface area contributed by atoms with Crippen molar-refractivity contribution in [1.82, 2.24) is 4.90 Å². The molecule has 1 N–H and O–H groups in total. The molecule has 1 aliphatic heterocycles. The molecule has 21 heavy (non-hydrogen) atoms. The number of aliphatic carboxylic acids is 1. The van der Waals surface area contributed by atoms with E-state index < -0.39 is 5.97 Å². The van der Waals surface area contributed by atoms with Gasteiger partial charge in [0.2, 0.25) is 5.91 Å². The monoisotopic (exact) mass is 291 g/mol. The van der Waals surface area contributed by atoms with Gasteiger partial charge in [0.15, 0.2) is 0 Å². The second kappa shape index (κ2) is 7.11. The van der Waals surface area contributed by atoms with Crippen LogP contribution in [0.1, 0.15) is 25.3 Å². The van der Waals surface area contributed by atoms with E-state index in [-0.39, 0.29) is 11.8 Å². The number of amides is 1. The van der Waals surface area contributed by atoms with Crippen molar-refractivity contribution in [1.29, 1.82) is 0 Å². The molecule has 0 atom stereocenters. The number of likely N-dealkylation sites (tertiary alicyclic amines) is 1. The minimum atomic E-state index is -0.756. The maximum absolute atomic E-state index is 12.2. The summed E-state index contributed by atoms with van der Waals surface area (Å²) in [6.07, 6.45) is 1.44. The third kappa shape index (κ3) is 4.21. The highest BCUT2D eigenvalue weighted by atomic mass is 16.5. The quantitative estimate of drug-likeness (QED) is 0.900. The lowest BCUT2D eigenvalue weighted by Crippen LogP contribution is -2.40. The Balaban J connectivity index is 1.85. The van der Waals surface area contributed by atoms with Crippen LogP contribution in [0, 0.1) is 5.92 Å². The molecule has 114 valence electrons. The molecular formula is C16H21NO4. The van der Waals surface area contributed by atoms with Gasteiger partial charge in [-0.2, -0.15) is 0 Å². The number of benzene rings is 1. The Bertz CT molecular complexity index is 490. The molecule has 0 bridgehead atoms. The summed E-state index contributed by atoms with van der Waals surface area (Å²) in [6.45, 7) is 3.62. The Labute approximate surface area is 124 Å². The molecule has 5 heteroatoms. The Hall–Kier alpha value is -2.04. The number of carboxylic acids is 1. The van der Waals surface area contributed by atoms with Gasteiger partial charge in [0.05, 0.1) is 18.9 Å². The fourth-order valence-electron chi connectivity index (χ4n) is 2.53. The topological polar surface area (TPSA) is 66.8 Å². The maximum Gasteiger partial charge on any atom is 0.306 e. The van der Waals surface area contributed by atoms with Crippen molar-refractivity contribution in [2.45, 2.75) is 26.2 Å². The SMILES string of the molecule is CCOc1ccc(CC(=O)N2CCC(C(=O)O)CC2)cc1. The number of hydrogen-bond donors (Lipinski definition) is 1. The van der Waals surface area contributed by atoms with E-state index in [4.69, 9.17) is 9.84 Å². The van der Waals surface area contributed by atoms with Crippen LogP contribution in [0.5, 0.6) is 5.75 Å². The van der Waals surface area contributed by atoms with Gasteiger partial charge in [-0.15, -0.1) is 0 Å². The van der Waals surface area contributed by atoms with E-state index >= 15 is 0 Å². The Morgan fingerprint density at radius 3 is 2.38 bits per heavy atom. The molecule has 0 aromatic heterocycles. The first-order valence-electron chi connectivity index (χ1n) is 7.32. The van der Waals surface area contributed by atoms with Crippen molar-refractivity contribution in [3.05, 3.63) is 29.8 Å². The summed E-state index contributed by atoms with van der Waals surface area (Å²) < 4.78 is 5.37. The second-order valence-electron chi connectivity index (χ2n) is 5.25. The minimum Gasteiger partial charge on any atom is -0.494 e. The molecule has 5 nitrogen and oxygen atoms in total. The molecule has 2 rings (SSSR count). The van der Waals surface area contributed by atoms with Crippen LogP contribution in [-0.4, -0.2) is 41.6 Å². The predicted molar refractivity (Wildman–Crippen MR) is 78.3 cm³/mol. The lowest BCUT2D eigenvalue weighted by molar-refractivity contribution is -0.145. The average Bonchev–Trinajstić information content (AvgIpc) is 2.49. The number of piperidine rings is 1. The van der Waals surface area contributed by atoms with Crippen LogP contribution in [0.4, 0.5) is 0 Å². The normalized spacial score (nSPS) is 15.8. The predicted octanol–water partition coefficient (Wildman–Crippen LogP) is 1.95. The van der Waals surface area contributed by atoms with Crippen molar-refractivity contribution in [3.8, 4) is 5.75 Å². The van der Waals surface area contributed by atoms with Crippen molar-refractivity contribution in [2.75, 3.05) is 19.7 Å². The van der Waals surface area contributed by atoms with Gasteiger partial charge >= 0.3 is 5.97 Å². The minimum absolute atomic E-state index is 0.0583. The zero-order valence-corrected chi connectivity index (χ0v) is 12.2. The number of hydrogen-bond acceptors (Lipinski definition) is 3. The van der Waals surface area contributed by atoms with Crippen LogP contribution in [0.25, 0.3) is 0 Å². The Kier molecular flexibility index (Phi) is 5.20. The van der Waals surface area contributed by atoms with E-state index in [1.807, 2.05) is 31.2 Å². The van der Waals surface area contributed by atoms with Gasteiger partial charge in [-0.25, -0.2) is 0 Å². The molecular weight excluding hydrogens is 270 g/mol. The maximum atomic E-state index is 12.2. The summed E-state index contributed by atoms with van der Waals surface area (Å²) in [4.78, 5) is 24.9. The van der Waals surface area contributed by atoms with E-state index in [0.717, 1.165) is 11.3 Å². The summed E-state index contributed by atoms with van der Waals surface area (Å²) in [5.41, 5.74) is 0.948. The Morgan fingerprint density at radius 2 is 1.86 bits per heavy atom. The smallest absolute Gasteiger partial charge is 0.306 e. The van der Waals surface area contributed by atoms with Gasteiger partial charge in [0.1, 0.15) is 5.75 Å². The average molecular weight is 291 g/mol. The zero-order valence-electron chi connectivity index (χ0n) is 12.2. The van der Waals surface area contributed by atoms with Crippen LogP contribution in [-0.2, 0) is 16.0 Å². The molecule has 0 aliphatic carbocycles. The summed E-state index contributed by atoms with van der Waals surface area (Å²) >= 11 is 0. The zero-order chi connectivity index (χ0) is 15.2. The number of rotatable bonds is 5. The van der Waals surface area contributed by atoms with Crippen LogP contribution in [0.15, 0.2) is 24.3 Å². The van der Waals surface area contributed by atoms with Crippen LogP contribution >= 0.6 is 0 Å². The van der Waals surface area contributed by atoms with Crippen molar-refractivity contribution >= 4 is 11.9 Å². The summed E-state index contributed by atoms with van der Waals surface area (Å²) in [5.74, 6) is -0.202. The van der Waals surface area contributed by atoms with E-state index in [0.29, 0.717) is 39.0 Å². The highest BCUT2D eigenvalue weighted by Gasteiger charge is 2.26. The number of ether oxygens (including phenoxy) is 1. The van der Waals surface area contributed by atoms with E-state index in [1.165, 1.54) is 0 Å². The van der Waals surface area contributed by atoms with Crippen LogP contribution in [0.3, 0.4) is 0 Å². The molecule has 0 saturated carbocycles. The summed E-state index contributed by atoms with van der Waals surface area (Å²) in [5, 5.41) is 8.95. The number of carbonyl (C=O) groups is 2. The summed E-state index contributed by atoms with van der Waals surface area (Å²) in [7, 11) is 0. The molecule has 1 aromatic carbocycles. The molecule has 0 unspecified atom stereocenters. The van der Waals surface area contributed by atoms with Gasteiger partial charge in [-0.05, 0) is 37.5 Å². The highest BCUT2D eigenvalue weighted by Crippen LogP contribution is 2.19. The largest absolute Gasteiger partial charge is 0.494 e. The third-order valence-corrected chi connectivity index (χ3v) is 3.79. The molecule has 1 saturated heterocycles. The van der Waals surface area contributed by atoms with E-state index in [1.54, 1.807) is 4.90 Å². The molecule has 1 aromatic rings. The molecule has 0 radical (unpaired) electrons. The third-order valence-electron chi connectivity index (χ3n) is 3.79. The van der Waals surface area contributed by atoms with Gasteiger partial charge in [0, 0.05) is 13.1 Å². The standard InChI is InChI=1S/C16H21NO4/c1-2-21-14-5-3-12(4-6-14)11-15(18)17-9-7-13(8-10-17)16(19)20/h3-6,13H,2,7-11H2,1H3,(H,19,20). The highest BCUT2D eigenvalue weighted by molar-refractivity contribution is 5.79. The summed E-state index contributed by atoms with van der Waals surface area (Å²) in [6, 6.07) is 7.52. The van der Waals surface area contributed by atoms with E-state index in [9.17, 15) is 9.59 Å². The fourth-order valence-corrected chi connectivity index (χ4v) is 2.53. The molecule has 0 spiro atoms. The van der Waals surface area contributed by atoms with Gasteiger partial charge in [-0.3, -0.25) is 9.59 Å². The lowest BCUT2D eigenvalue weighted by atomic mass is 9.96. The molecule has 1 amide bonds. The first kappa shape index (κ1) is 15.4. The van der Waals surface area contributed by atoms with Gasteiger partial charge < -0.3 is 14.7 Å². The van der Waals surface area contributed by atoms with E-state index in [2.05, 4.69) is 0 Å². The number of carboxylic acid groups (broad SMARTS) is 1. The van der Waals surface area contributed by atoms with Crippen molar-refractivity contribution < 1.29 is 19.4 Å². The molecule has 1 aliphatic rings. The second-order valence-corrected chi connectivity index (χ2v) is 5.25. The molecule has 1 fully saturated rings. The van der Waals surface area contributed by atoms with Crippen LogP contribution < -0.4 is 4.74 Å². The fraction of sp³-hybridized carbons (Fsp3) is 0.500. The number of nitrogens with zero attached hydrogens (tertiary/aromatic N) is 1. The number of carbonyl (C=O) groups excluding carboxylic acids is 1. The lowest BCUT2D eigenvalue weighted by Gasteiger charge is -2.30. The van der Waals surface area contributed by atoms with Gasteiger partial charge in [0.25, 0.3) is 0 Å². The molecule has 1 heterocycles. The van der Waals surface area contributed by atoms with Crippen molar-refractivity contribution in [2.24, 2.45) is 5.92 Å². The Morgan fingerprint density at radius 1 is 1.24 bits per heavy atom. The first-order chi connectivity index (χ1) is 10.1. The first-order valence-corrected chi connectivity index (χ1v) is 7.32. The van der Waals surface area contributed by atoms with Crippen LogP contribution in [0.2, 0.25) is 0 Å². The van der Waals surface area contributed by atoms with Crippen molar-refractivity contribution in [3.63, 3.8) is 0 Å².